The number of rotatable bonds is 13. The number of piperazine rings is 1. The van der Waals surface area contributed by atoms with Crippen molar-refractivity contribution >= 4 is 49.4 Å². The number of fused-ring (bicyclic) bond motifs is 2. The molecule has 1 fully saturated rings. The Kier molecular flexibility index (Phi) is 12.0. The van der Waals surface area contributed by atoms with Gasteiger partial charge in [0.05, 0.1) is 18.4 Å². The molecule has 0 radical (unpaired) electrons. The first-order chi connectivity index (χ1) is 26.1. The number of amidine groups is 1. The number of pyridine rings is 2. The molecule has 0 amide bonds. The maximum atomic E-state index is 10.5. The van der Waals surface area contributed by atoms with Crippen molar-refractivity contribution in [3.63, 3.8) is 0 Å². The van der Waals surface area contributed by atoms with E-state index in [0.717, 1.165) is 84.1 Å². The van der Waals surface area contributed by atoms with E-state index in [4.69, 9.17) is 34.3 Å². The molecule has 5 aromatic heterocycles. The second-order valence-electron chi connectivity index (χ2n) is 12.8. The smallest absolute Gasteiger partial charge is 0.389 e. The number of hydrogen-bond donors (Lipinski definition) is 1. The van der Waals surface area contributed by atoms with E-state index < -0.39 is 18.0 Å². The van der Waals surface area contributed by atoms with Crippen LogP contribution in [0.4, 0.5) is 0 Å². The van der Waals surface area contributed by atoms with Crippen molar-refractivity contribution in [2.24, 2.45) is 4.99 Å². The molecule has 3 unspecified atom stereocenters. The number of aliphatic imine (C=N–C) groups is 1. The topological polar surface area (TPSA) is 155 Å². The van der Waals surface area contributed by atoms with Gasteiger partial charge in [-0.2, -0.15) is 10.2 Å². The molecule has 7 rings (SSSR count). The van der Waals surface area contributed by atoms with Crippen molar-refractivity contribution in [3.05, 3.63) is 81.2 Å². The molecular weight excluding hydrogens is 709 g/mol. The lowest BCUT2D eigenvalue weighted by atomic mass is 10.1. The van der Waals surface area contributed by atoms with Gasteiger partial charge < -0.3 is 19.7 Å². The number of nitrogens with one attached hydrogen (secondary N) is 1. The molecule has 14 nitrogen and oxygen atoms in total. The highest BCUT2D eigenvalue weighted by Gasteiger charge is 2.32. The molecule has 2 aliphatic rings. The first-order valence-corrected chi connectivity index (χ1v) is 19.5. The van der Waals surface area contributed by atoms with E-state index in [9.17, 15) is 5.26 Å². The van der Waals surface area contributed by atoms with Gasteiger partial charge in [-0.15, -0.1) is 4.99 Å². The summed E-state index contributed by atoms with van der Waals surface area (Å²) in [5.41, 5.74) is 2.73. The lowest BCUT2D eigenvalue weighted by Gasteiger charge is -2.32. The zero-order valence-corrected chi connectivity index (χ0v) is 31.4. The number of allylic oxidation sites excluding steroid dienone is 1. The SMILES string of the molecule is CCCCCCOc1nccc(C(C#[N+]C2C=C(C(C#N)c3nc4cccnc4s3)NC(OCCN3CCN(C)CC3)=N2)c2nc3cccnc3s2)n1. The fraction of sp³-hybridized carbons (Fsp3) is 0.432. The lowest BCUT2D eigenvalue weighted by Crippen LogP contribution is -2.46. The molecule has 5 aromatic rings. The fourth-order valence-electron chi connectivity index (χ4n) is 5.92. The zero-order valence-electron chi connectivity index (χ0n) is 29.8. The molecule has 0 aromatic carbocycles. The van der Waals surface area contributed by atoms with Crippen molar-refractivity contribution < 1.29 is 9.47 Å². The second kappa shape index (κ2) is 17.6. The minimum absolute atomic E-state index is 0.285. The van der Waals surface area contributed by atoms with Gasteiger partial charge in [0.2, 0.25) is 0 Å². The Morgan fingerprint density at radius 1 is 0.887 bits per heavy atom. The minimum atomic E-state index is -0.751. The molecule has 0 aliphatic carbocycles. The highest BCUT2D eigenvalue weighted by Crippen LogP contribution is 2.33. The number of aromatic nitrogens is 6. The predicted molar refractivity (Wildman–Crippen MR) is 206 cm³/mol. The van der Waals surface area contributed by atoms with E-state index in [2.05, 4.69) is 56.2 Å². The van der Waals surface area contributed by atoms with Gasteiger partial charge in [-0.05, 0) is 48.6 Å². The van der Waals surface area contributed by atoms with Crippen LogP contribution < -0.4 is 10.1 Å². The number of nitriles is 1. The molecule has 16 heteroatoms. The number of hydrogen-bond acceptors (Lipinski definition) is 15. The summed E-state index contributed by atoms with van der Waals surface area (Å²) in [7, 11) is 2.14. The molecule has 0 spiro atoms. The van der Waals surface area contributed by atoms with Crippen LogP contribution in [0.5, 0.6) is 6.01 Å². The lowest BCUT2D eigenvalue weighted by molar-refractivity contribution is 0.129. The molecule has 7 heterocycles. The summed E-state index contributed by atoms with van der Waals surface area (Å²) in [5, 5.41) is 15.1. The molecule has 272 valence electrons. The fourth-order valence-corrected chi connectivity index (χ4v) is 7.86. The summed E-state index contributed by atoms with van der Waals surface area (Å²) in [6.45, 7) is 7.89. The van der Waals surface area contributed by atoms with Crippen LogP contribution in [0.3, 0.4) is 0 Å². The summed E-state index contributed by atoms with van der Waals surface area (Å²) in [5.74, 6) is -1.28. The van der Waals surface area contributed by atoms with E-state index in [-0.39, 0.29) is 6.02 Å². The second-order valence-corrected chi connectivity index (χ2v) is 14.8. The molecule has 53 heavy (non-hydrogen) atoms. The van der Waals surface area contributed by atoms with Gasteiger partial charge in [0.25, 0.3) is 12.1 Å². The van der Waals surface area contributed by atoms with Gasteiger partial charge in [-0.25, -0.2) is 24.9 Å². The van der Waals surface area contributed by atoms with E-state index >= 15 is 0 Å². The summed E-state index contributed by atoms with van der Waals surface area (Å²) >= 11 is 2.84. The summed E-state index contributed by atoms with van der Waals surface area (Å²) in [6.07, 6.45) is 10.6. The third-order valence-corrected chi connectivity index (χ3v) is 11.0. The first kappa shape index (κ1) is 36.2. The van der Waals surface area contributed by atoms with Gasteiger partial charge in [-0.1, -0.05) is 48.9 Å². The third-order valence-electron chi connectivity index (χ3n) is 8.89. The van der Waals surface area contributed by atoms with Crippen LogP contribution in [0.15, 0.2) is 65.7 Å². The average Bonchev–Trinajstić information content (AvgIpc) is 3.81. The van der Waals surface area contributed by atoms with Gasteiger partial charge in [0.1, 0.15) is 43.2 Å². The van der Waals surface area contributed by atoms with Crippen molar-refractivity contribution in [1.29, 1.82) is 5.26 Å². The Bertz CT molecular complexity index is 2110. The maximum Gasteiger partial charge on any atom is 0.389 e. The molecule has 2 aliphatic heterocycles. The highest BCUT2D eigenvalue weighted by atomic mass is 32.1. The number of nitrogens with zero attached hydrogens (tertiary/aromatic N) is 11. The molecule has 0 bridgehead atoms. The zero-order chi connectivity index (χ0) is 36.4. The Hall–Kier alpha value is -5.13. The Balaban J connectivity index is 1.19. The van der Waals surface area contributed by atoms with Crippen LogP contribution in [-0.4, -0.2) is 105 Å². The largest absolute Gasteiger partial charge is 0.464 e. The van der Waals surface area contributed by atoms with Crippen LogP contribution in [0, 0.1) is 17.4 Å². The average molecular weight is 750 g/mol. The number of unbranched alkanes of at least 4 members (excludes halogenated alkanes) is 3. The van der Waals surface area contributed by atoms with Crippen LogP contribution >= 0.6 is 22.7 Å². The van der Waals surface area contributed by atoms with Gasteiger partial charge in [0.15, 0.2) is 5.92 Å². The Morgan fingerprint density at radius 3 is 2.32 bits per heavy atom. The van der Waals surface area contributed by atoms with E-state index in [1.165, 1.54) is 22.7 Å². The minimum Gasteiger partial charge on any atom is -0.464 e. The molecular formula is C37H41N12O2S2+. The first-order valence-electron chi connectivity index (χ1n) is 17.9. The third kappa shape index (κ3) is 9.27. The maximum absolute atomic E-state index is 10.5. The molecule has 1 saturated heterocycles. The van der Waals surface area contributed by atoms with Crippen molar-refractivity contribution in [2.45, 2.75) is 50.6 Å². The van der Waals surface area contributed by atoms with Crippen molar-refractivity contribution in [3.8, 4) is 18.1 Å². The summed E-state index contributed by atoms with van der Waals surface area (Å²) < 4.78 is 12.2. The highest BCUT2D eigenvalue weighted by molar-refractivity contribution is 7.18. The van der Waals surface area contributed by atoms with Crippen LogP contribution in [0.1, 0.15) is 60.2 Å². The van der Waals surface area contributed by atoms with Crippen LogP contribution in [0.25, 0.3) is 25.5 Å². The molecule has 3 atom stereocenters. The van der Waals surface area contributed by atoms with Crippen molar-refractivity contribution in [2.75, 3.05) is 53.0 Å². The summed E-state index contributed by atoms with van der Waals surface area (Å²) in [4.78, 5) is 43.6. The monoisotopic (exact) mass is 749 g/mol. The Labute approximate surface area is 316 Å². The number of ether oxygens (including phenoxy) is 2. The van der Waals surface area contributed by atoms with E-state index in [1.54, 1.807) is 18.6 Å². The van der Waals surface area contributed by atoms with E-state index in [1.807, 2.05) is 36.4 Å². The number of likely N-dealkylation sites (N-methyl/N-ethyl adjacent to an activating group) is 1. The van der Waals surface area contributed by atoms with E-state index in [0.29, 0.717) is 35.6 Å². The molecule has 1 N–H and O–H groups in total. The normalized spacial score (nSPS) is 17.6. The summed E-state index contributed by atoms with van der Waals surface area (Å²) in [6, 6.07) is 15.7. The van der Waals surface area contributed by atoms with Crippen molar-refractivity contribution in [1.82, 2.24) is 45.0 Å². The van der Waals surface area contributed by atoms with Gasteiger partial charge >= 0.3 is 12.2 Å². The number of thiazole rings is 2. The standard InChI is InChI=1S/C37H41N12O2S2/c1-3-4-5-6-20-50-36-41-14-11-27(45-36)26(33-44-29-10-8-13-40-35(29)53-33)24-42-31-22-30(25(23-38)32-43-28-9-7-12-39-34(28)52-32)46-37(47-31)51-21-19-49-17-15-48(2)16-18-49/h7-14,22,25-26,31H,3-6,15-21H2,1-2H3,(H,46,47)/q+1. The Morgan fingerprint density at radius 2 is 1.62 bits per heavy atom. The van der Waals surface area contributed by atoms with Gasteiger partial charge in [0, 0.05) is 63.1 Å². The van der Waals surface area contributed by atoms with Gasteiger partial charge in [-0.3, -0.25) is 4.90 Å². The molecule has 0 saturated carbocycles. The quantitative estimate of drug-likeness (QED) is 0.148. The van der Waals surface area contributed by atoms with Crippen LogP contribution in [0.2, 0.25) is 0 Å². The predicted octanol–water partition coefficient (Wildman–Crippen LogP) is 5.65. The van der Waals surface area contributed by atoms with Crippen LogP contribution in [-0.2, 0) is 4.74 Å².